The van der Waals surface area contributed by atoms with E-state index in [1.165, 1.54) is 10.3 Å². The minimum atomic E-state index is 0.852. The summed E-state index contributed by atoms with van der Waals surface area (Å²) in [6, 6.07) is 12.4. The fourth-order valence-corrected chi connectivity index (χ4v) is 1.86. The van der Waals surface area contributed by atoms with Crippen molar-refractivity contribution in [2.45, 2.75) is 4.90 Å². The predicted molar refractivity (Wildman–Crippen MR) is 60.1 cm³/mol. The molecular formula is C11H11NS. The van der Waals surface area contributed by atoms with Crippen LogP contribution in [-0.2, 0) is 0 Å². The number of nitrogens with two attached hydrogens (primary N) is 1. The summed E-state index contributed by atoms with van der Waals surface area (Å²) in [4.78, 5) is 1.28. The van der Waals surface area contributed by atoms with Crippen molar-refractivity contribution >= 4 is 28.2 Å². The average molecular weight is 189 g/mol. The molecule has 13 heavy (non-hydrogen) atoms. The quantitative estimate of drug-likeness (QED) is 0.551. The van der Waals surface area contributed by atoms with E-state index >= 15 is 0 Å². The van der Waals surface area contributed by atoms with E-state index in [4.69, 9.17) is 5.73 Å². The van der Waals surface area contributed by atoms with E-state index in [9.17, 15) is 0 Å². The molecule has 0 heterocycles. The normalized spacial score (nSPS) is 10.5. The van der Waals surface area contributed by atoms with Crippen LogP contribution in [0.5, 0.6) is 0 Å². The van der Waals surface area contributed by atoms with Gasteiger partial charge in [-0.1, -0.05) is 18.2 Å². The molecule has 0 aromatic heterocycles. The van der Waals surface area contributed by atoms with Crippen molar-refractivity contribution < 1.29 is 0 Å². The Morgan fingerprint density at radius 1 is 1.15 bits per heavy atom. The zero-order valence-corrected chi connectivity index (χ0v) is 8.27. The summed E-state index contributed by atoms with van der Waals surface area (Å²) < 4.78 is 0. The molecule has 0 amide bonds. The van der Waals surface area contributed by atoms with Crippen LogP contribution < -0.4 is 5.73 Å². The first kappa shape index (κ1) is 8.45. The van der Waals surface area contributed by atoms with Crippen molar-refractivity contribution in [2.75, 3.05) is 12.0 Å². The van der Waals surface area contributed by atoms with Crippen molar-refractivity contribution in [3.05, 3.63) is 36.4 Å². The third-order valence-electron chi connectivity index (χ3n) is 2.12. The standard InChI is InChI=1S/C11H11NS/c1-13-9-5-6-10-8(7-9)3-2-4-11(10)12/h2-7H,12H2,1H3. The van der Waals surface area contributed by atoms with E-state index in [2.05, 4.69) is 30.5 Å². The Labute approximate surface area is 81.9 Å². The Morgan fingerprint density at radius 3 is 2.77 bits per heavy atom. The molecule has 2 N–H and O–H groups in total. The third-order valence-corrected chi connectivity index (χ3v) is 2.85. The fourth-order valence-electron chi connectivity index (χ4n) is 1.41. The van der Waals surface area contributed by atoms with Gasteiger partial charge in [-0.3, -0.25) is 0 Å². The number of rotatable bonds is 1. The molecule has 2 aromatic rings. The van der Waals surface area contributed by atoms with Crippen LogP contribution in [0.1, 0.15) is 0 Å². The van der Waals surface area contributed by atoms with Gasteiger partial charge in [0.1, 0.15) is 0 Å². The molecule has 2 heteroatoms. The molecule has 0 saturated carbocycles. The van der Waals surface area contributed by atoms with Crippen LogP contribution in [0.15, 0.2) is 41.3 Å². The van der Waals surface area contributed by atoms with Gasteiger partial charge in [-0.2, -0.15) is 0 Å². The summed E-state index contributed by atoms with van der Waals surface area (Å²) in [6.07, 6.45) is 2.08. The van der Waals surface area contributed by atoms with E-state index in [-0.39, 0.29) is 0 Å². The van der Waals surface area contributed by atoms with Crippen LogP contribution in [0.25, 0.3) is 10.8 Å². The smallest absolute Gasteiger partial charge is 0.0393 e. The summed E-state index contributed by atoms with van der Waals surface area (Å²) in [7, 11) is 0. The number of hydrogen-bond acceptors (Lipinski definition) is 2. The average Bonchev–Trinajstić information content (AvgIpc) is 2.18. The Kier molecular flexibility index (Phi) is 2.15. The highest BCUT2D eigenvalue weighted by Crippen LogP contribution is 2.25. The molecule has 0 aliphatic rings. The monoisotopic (exact) mass is 189 g/mol. The summed E-state index contributed by atoms with van der Waals surface area (Å²) in [6.45, 7) is 0. The zero-order valence-electron chi connectivity index (χ0n) is 7.45. The van der Waals surface area contributed by atoms with Gasteiger partial charge in [-0.15, -0.1) is 11.8 Å². The lowest BCUT2D eigenvalue weighted by atomic mass is 10.1. The minimum absolute atomic E-state index is 0.852. The van der Waals surface area contributed by atoms with Gasteiger partial charge in [-0.25, -0.2) is 0 Å². The molecule has 66 valence electrons. The molecule has 0 bridgehead atoms. The maximum absolute atomic E-state index is 5.84. The second-order valence-corrected chi connectivity index (χ2v) is 3.81. The van der Waals surface area contributed by atoms with Crippen molar-refractivity contribution in [1.29, 1.82) is 0 Å². The molecule has 0 atom stereocenters. The molecule has 0 radical (unpaired) electrons. The molecule has 0 aliphatic carbocycles. The Morgan fingerprint density at radius 2 is 2.00 bits per heavy atom. The van der Waals surface area contributed by atoms with Crippen LogP contribution >= 0.6 is 11.8 Å². The van der Waals surface area contributed by atoms with Crippen LogP contribution in [0, 0.1) is 0 Å². The summed E-state index contributed by atoms with van der Waals surface area (Å²) in [5.74, 6) is 0. The first-order valence-electron chi connectivity index (χ1n) is 4.13. The number of anilines is 1. The summed E-state index contributed by atoms with van der Waals surface area (Å²) >= 11 is 1.75. The van der Waals surface area contributed by atoms with Crippen molar-refractivity contribution in [3.63, 3.8) is 0 Å². The number of thioether (sulfide) groups is 1. The third kappa shape index (κ3) is 1.49. The highest BCUT2D eigenvalue weighted by molar-refractivity contribution is 7.98. The lowest BCUT2D eigenvalue weighted by molar-refractivity contribution is 1.51. The second-order valence-electron chi connectivity index (χ2n) is 2.93. The molecule has 0 spiro atoms. The maximum atomic E-state index is 5.84. The molecule has 0 saturated heterocycles. The van der Waals surface area contributed by atoms with Gasteiger partial charge < -0.3 is 5.73 Å². The predicted octanol–water partition coefficient (Wildman–Crippen LogP) is 3.14. The maximum Gasteiger partial charge on any atom is 0.0393 e. The van der Waals surface area contributed by atoms with Gasteiger partial charge in [0, 0.05) is 16.0 Å². The van der Waals surface area contributed by atoms with Gasteiger partial charge in [0.05, 0.1) is 0 Å². The number of nitrogen functional groups attached to an aromatic ring is 1. The number of hydrogen-bond donors (Lipinski definition) is 1. The highest BCUT2D eigenvalue weighted by atomic mass is 32.2. The zero-order chi connectivity index (χ0) is 9.26. The molecule has 2 aromatic carbocycles. The molecule has 0 fully saturated rings. The summed E-state index contributed by atoms with van der Waals surface area (Å²) in [5.41, 5.74) is 6.69. The van der Waals surface area contributed by atoms with Crippen LogP contribution in [0.3, 0.4) is 0 Å². The second kappa shape index (κ2) is 3.30. The van der Waals surface area contributed by atoms with E-state index in [1.54, 1.807) is 11.8 Å². The van der Waals surface area contributed by atoms with Crippen molar-refractivity contribution in [2.24, 2.45) is 0 Å². The van der Waals surface area contributed by atoms with E-state index in [0.29, 0.717) is 0 Å². The van der Waals surface area contributed by atoms with Gasteiger partial charge in [0.25, 0.3) is 0 Å². The first-order chi connectivity index (χ1) is 6.31. The van der Waals surface area contributed by atoms with Gasteiger partial charge in [0.2, 0.25) is 0 Å². The largest absolute Gasteiger partial charge is 0.398 e. The van der Waals surface area contributed by atoms with Crippen LogP contribution in [-0.4, -0.2) is 6.26 Å². The summed E-state index contributed by atoms with van der Waals surface area (Å²) in [5, 5.41) is 2.35. The van der Waals surface area contributed by atoms with Crippen molar-refractivity contribution in [1.82, 2.24) is 0 Å². The SMILES string of the molecule is CSc1ccc2c(N)cccc2c1. The highest BCUT2D eigenvalue weighted by Gasteiger charge is 1.97. The topological polar surface area (TPSA) is 26.0 Å². The lowest BCUT2D eigenvalue weighted by Crippen LogP contribution is -1.85. The Hall–Kier alpha value is -1.15. The molecule has 0 aliphatic heterocycles. The minimum Gasteiger partial charge on any atom is -0.398 e. The number of benzene rings is 2. The Bertz CT molecular complexity index is 437. The molecule has 0 unspecified atom stereocenters. The van der Waals surface area contributed by atoms with E-state index < -0.39 is 0 Å². The van der Waals surface area contributed by atoms with Gasteiger partial charge in [-0.05, 0) is 29.8 Å². The van der Waals surface area contributed by atoms with E-state index in [0.717, 1.165) is 11.1 Å². The molecule has 1 nitrogen and oxygen atoms in total. The fraction of sp³-hybridized carbons (Fsp3) is 0.0909. The number of fused-ring (bicyclic) bond motifs is 1. The van der Waals surface area contributed by atoms with E-state index in [1.807, 2.05) is 12.1 Å². The van der Waals surface area contributed by atoms with Gasteiger partial charge in [0.15, 0.2) is 0 Å². The first-order valence-corrected chi connectivity index (χ1v) is 5.36. The van der Waals surface area contributed by atoms with Crippen molar-refractivity contribution in [3.8, 4) is 0 Å². The molecule has 2 rings (SSSR count). The molecular weight excluding hydrogens is 178 g/mol. The van der Waals surface area contributed by atoms with Gasteiger partial charge >= 0.3 is 0 Å². The van der Waals surface area contributed by atoms with Crippen LogP contribution in [0.4, 0.5) is 5.69 Å². The lowest BCUT2D eigenvalue weighted by Gasteiger charge is -2.02. The Balaban J connectivity index is 2.72. The van der Waals surface area contributed by atoms with Crippen LogP contribution in [0.2, 0.25) is 0 Å².